The van der Waals surface area contributed by atoms with Gasteiger partial charge in [0.05, 0.1) is 10.2 Å². The van der Waals surface area contributed by atoms with Crippen LogP contribution < -0.4 is 20.1 Å². The van der Waals surface area contributed by atoms with Gasteiger partial charge >= 0.3 is 0 Å². The normalized spacial score (nSPS) is 12.8. The summed E-state index contributed by atoms with van der Waals surface area (Å²) in [4.78, 5) is 25.6. The number of thiazole rings is 1. The van der Waals surface area contributed by atoms with E-state index in [0.29, 0.717) is 10.2 Å². The van der Waals surface area contributed by atoms with Crippen LogP contribution in [0.15, 0.2) is 45.9 Å². The summed E-state index contributed by atoms with van der Waals surface area (Å²) in [5, 5.41) is 16.1. The molecule has 1 N–H and O–H groups in total. The molecule has 142 valence electrons. The first-order valence-corrected chi connectivity index (χ1v) is 10.1. The summed E-state index contributed by atoms with van der Waals surface area (Å²) in [6.07, 6.45) is 1.71. The fourth-order valence-electron chi connectivity index (χ4n) is 2.51. The fourth-order valence-corrected chi connectivity index (χ4v) is 4.23. The van der Waals surface area contributed by atoms with E-state index >= 15 is 0 Å². The molecule has 0 spiro atoms. The lowest BCUT2D eigenvalue weighted by Gasteiger charge is -2.07. The molecule has 5 nitrogen and oxygen atoms in total. The Balaban J connectivity index is 2.36. The Morgan fingerprint density at radius 2 is 2.00 bits per heavy atom. The number of hydrogen-bond acceptors (Lipinski definition) is 5. The standard InChI is InChI=1S/C20H16FN3O2S2/c1-12(2)23-18(25)16(10-22)20-24(15-5-3-14(21)4-6-15)19(26)17(28-20)9-13-7-8-27-11-13/h3-9,11-12H,1-2H3,(H,23,25)/b17-9-,20-16-. The molecule has 3 rings (SSSR count). The predicted octanol–water partition coefficient (Wildman–Crippen LogP) is 2.13. The van der Waals surface area contributed by atoms with E-state index in [-0.39, 0.29) is 21.8 Å². The van der Waals surface area contributed by atoms with Crippen molar-refractivity contribution in [2.24, 2.45) is 0 Å². The first kappa shape index (κ1) is 19.7. The van der Waals surface area contributed by atoms with E-state index in [9.17, 15) is 19.2 Å². The highest BCUT2D eigenvalue weighted by Gasteiger charge is 2.17. The fraction of sp³-hybridized carbons (Fsp3) is 0.150. The molecule has 0 saturated carbocycles. The summed E-state index contributed by atoms with van der Waals surface area (Å²) < 4.78 is 15.2. The summed E-state index contributed by atoms with van der Waals surface area (Å²) in [5.41, 5.74) is 0.701. The van der Waals surface area contributed by atoms with Gasteiger partial charge in [0.25, 0.3) is 11.5 Å². The largest absolute Gasteiger partial charge is 0.349 e. The number of nitrogens with zero attached hydrogens (tertiary/aromatic N) is 2. The topological polar surface area (TPSA) is 74.9 Å². The lowest BCUT2D eigenvalue weighted by Crippen LogP contribution is -2.36. The van der Waals surface area contributed by atoms with Gasteiger partial charge in [0, 0.05) is 6.04 Å². The maximum atomic E-state index is 13.3. The molecule has 2 heterocycles. The van der Waals surface area contributed by atoms with Gasteiger partial charge < -0.3 is 5.32 Å². The van der Waals surface area contributed by atoms with Crippen LogP contribution in [0.3, 0.4) is 0 Å². The molecular weight excluding hydrogens is 397 g/mol. The van der Waals surface area contributed by atoms with Crippen molar-refractivity contribution in [3.8, 4) is 11.8 Å². The summed E-state index contributed by atoms with van der Waals surface area (Å²) in [6, 6.07) is 8.95. The van der Waals surface area contributed by atoms with E-state index in [4.69, 9.17) is 0 Å². The van der Waals surface area contributed by atoms with Crippen molar-refractivity contribution in [1.29, 1.82) is 5.26 Å². The summed E-state index contributed by atoms with van der Waals surface area (Å²) in [5.74, 6) is -1.00. The Kier molecular flexibility index (Phi) is 5.87. The number of rotatable bonds is 4. The Bertz CT molecular complexity index is 1210. The van der Waals surface area contributed by atoms with Crippen molar-refractivity contribution in [3.63, 3.8) is 0 Å². The highest BCUT2D eigenvalue weighted by molar-refractivity contribution is 7.08. The molecule has 0 bridgehead atoms. The van der Waals surface area contributed by atoms with E-state index < -0.39 is 11.7 Å². The van der Waals surface area contributed by atoms with Gasteiger partial charge in [-0.2, -0.15) is 16.6 Å². The molecule has 0 aliphatic carbocycles. The summed E-state index contributed by atoms with van der Waals surface area (Å²) in [6.45, 7) is 3.56. The third kappa shape index (κ3) is 4.11. The van der Waals surface area contributed by atoms with Gasteiger partial charge in [0.1, 0.15) is 16.5 Å². The molecule has 0 radical (unpaired) electrons. The minimum Gasteiger partial charge on any atom is -0.349 e. The number of nitrogens with one attached hydrogen (secondary N) is 1. The lowest BCUT2D eigenvalue weighted by molar-refractivity contribution is -0.116. The molecule has 0 aliphatic rings. The number of hydrogen-bond donors (Lipinski definition) is 1. The molecule has 0 atom stereocenters. The first-order chi connectivity index (χ1) is 13.4. The molecule has 8 heteroatoms. The van der Waals surface area contributed by atoms with E-state index in [1.807, 2.05) is 22.9 Å². The number of aromatic nitrogens is 1. The van der Waals surface area contributed by atoms with Gasteiger partial charge in [-0.1, -0.05) is 0 Å². The number of amides is 1. The van der Waals surface area contributed by atoms with Gasteiger partial charge in [-0.05, 0) is 66.6 Å². The van der Waals surface area contributed by atoms with E-state index in [0.717, 1.165) is 16.9 Å². The minimum absolute atomic E-state index is 0.162. The van der Waals surface area contributed by atoms with Crippen LogP contribution in [-0.2, 0) is 4.79 Å². The van der Waals surface area contributed by atoms with Crippen molar-refractivity contribution in [2.45, 2.75) is 19.9 Å². The number of halogens is 1. The monoisotopic (exact) mass is 413 g/mol. The molecule has 2 aromatic heterocycles. The van der Waals surface area contributed by atoms with E-state index in [2.05, 4.69) is 5.32 Å². The molecule has 0 unspecified atom stereocenters. The zero-order valence-corrected chi connectivity index (χ0v) is 16.7. The second-order valence-corrected chi connectivity index (χ2v) is 8.02. The Morgan fingerprint density at radius 1 is 1.29 bits per heavy atom. The van der Waals surface area contributed by atoms with Crippen molar-refractivity contribution < 1.29 is 9.18 Å². The quantitative estimate of drug-likeness (QED) is 0.712. The molecule has 3 aromatic rings. The maximum absolute atomic E-state index is 13.3. The summed E-state index contributed by atoms with van der Waals surface area (Å²) >= 11 is 2.55. The number of carbonyl (C=O) groups is 1. The van der Waals surface area contributed by atoms with Crippen LogP contribution in [0.2, 0.25) is 0 Å². The smallest absolute Gasteiger partial charge is 0.273 e. The highest BCUT2D eigenvalue weighted by atomic mass is 32.1. The van der Waals surface area contributed by atoms with Gasteiger partial charge in [-0.3, -0.25) is 14.2 Å². The zero-order chi connectivity index (χ0) is 20.3. The number of carbonyl (C=O) groups excluding carboxylic acids is 1. The maximum Gasteiger partial charge on any atom is 0.273 e. The second kappa shape index (κ2) is 8.33. The van der Waals surface area contributed by atoms with Crippen molar-refractivity contribution in [3.05, 3.63) is 72.0 Å². The van der Waals surface area contributed by atoms with Crippen LogP contribution in [0.5, 0.6) is 0 Å². The van der Waals surface area contributed by atoms with Gasteiger partial charge in [0.2, 0.25) is 0 Å². The van der Waals surface area contributed by atoms with Crippen LogP contribution in [0.4, 0.5) is 4.39 Å². The highest BCUT2D eigenvalue weighted by Crippen LogP contribution is 2.08. The van der Waals surface area contributed by atoms with Crippen LogP contribution >= 0.6 is 22.7 Å². The van der Waals surface area contributed by atoms with Crippen molar-refractivity contribution in [2.75, 3.05) is 0 Å². The second-order valence-electron chi connectivity index (χ2n) is 6.20. The molecule has 1 aromatic carbocycles. The average Bonchev–Trinajstić information content (AvgIpc) is 3.25. The van der Waals surface area contributed by atoms with Crippen LogP contribution in [0, 0.1) is 17.1 Å². The average molecular weight is 413 g/mol. The molecule has 0 aliphatic heterocycles. The van der Waals surface area contributed by atoms with E-state index in [1.165, 1.54) is 40.2 Å². The number of thiophene rings is 1. The molecule has 0 saturated heterocycles. The third-order valence-corrected chi connectivity index (χ3v) is 5.52. The number of benzene rings is 1. The predicted molar refractivity (Wildman–Crippen MR) is 109 cm³/mol. The lowest BCUT2D eigenvalue weighted by atomic mass is 10.2. The molecular formula is C20H16FN3O2S2. The Morgan fingerprint density at radius 3 is 2.57 bits per heavy atom. The minimum atomic E-state index is -0.559. The van der Waals surface area contributed by atoms with Gasteiger partial charge in [-0.15, -0.1) is 11.3 Å². The SMILES string of the molecule is CC(C)NC(=O)/C(C#N)=c1\s/c(=C\c2ccsc2)c(=O)n1-c1ccc(F)cc1. The van der Waals surface area contributed by atoms with Crippen molar-refractivity contribution >= 4 is 40.2 Å². The first-order valence-electron chi connectivity index (χ1n) is 8.37. The van der Waals surface area contributed by atoms with E-state index in [1.54, 1.807) is 19.9 Å². The molecule has 0 fully saturated rings. The van der Waals surface area contributed by atoms with Crippen LogP contribution in [-0.4, -0.2) is 16.5 Å². The zero-order valence-electron chi connectivity index (χ0n) is 15.1. The van der Waals surface area contributed by atoms with Crippen molar-refractivity contribution in [1.82, 2.24) is 9.88 Å². The van der Waals surface area contributed by atoms with Gasteiger partial charge in [-0.25, -0.2) is 4.39 Å². The molecule has 1 amide bonds. The molecule has 28 heavy (non-hydrogen) atoms. The van der Waals surface area contributed by atoms with Crippen LogP contribution in [0.1, 0.15) is 19.4 Å². The third-order valence-electron chi connectivity index (χ3n) is 3.72. The van der Waals surface area contributed by atoms with Gasteiger partial charge in [0.15, 0.2) is 5.57 Å². The summed E-state index contributed by atoms with van der Waals surface area (Å²) in [7, 11) is 0. The van der Waals surface area contributed by atoms with Crippen LogP contribution in [0.25, 0.3) is 17.3 Å². The number of nitriles is 1. The Hall–Kier alpha value is -3.02. The Labute approximate surface area is 168 Å².